The summed E-state index contributed by atoms with van der Waals surface area (Å²) in [7, 11) is -1.23. The Bertz CT molecular complexity index is 514. The van der Waals surface area contributed by atoms with Crippen LogP contribution in [-0.2, 0) is 0 Å². The van der Waals surface area contributed by atoms with E-state index in [0.717, 1.165) is 11.6 Å². The van der Waals surface area contributed by atoms with Crippen LogP contribution in [0.1, 0.15) is 37.7 Å². The Balaban J connectivity index is 2.18. The molecule has 1 aliphatic carbocycles. The maximum Gasteiger partial charge on any atom is 0.0934 e. The van der Waals surface area contributed by atoms with E-state index in [1.54, 1.807) is 5.57 Å². The van der Waals surface area contributed by atoms with Gasteiger partial charge in [0.05, 0.1) is 6.10 Å². The molecule has 1 N–H and O–H groups in total. The minimum atomic E-state index is -1.23. The van der Waals surface area contributed by atoms with Crippen LogP contribution in [0.15, 0.2) is 47.6 Å². The van der Waals surface area contributed by atoms with Gasteiger partial charge in [0.25, 0.3) is 0 Å². The van der Waals surface area contributed by atoms with E-state index in [1.807, 2.05) is 24.3 Å². The summed E-state index contributed by atoms with van der Waals surface area (Å²) in [6, 6.07) is 11.4. The molecule has 2 rings (SSSR count). The molecule has 1 atom stereocenters. The third-order valence-electron chi connectivity index (χ3n) is 4.26. The van der Waals surface area contributed by atoms with Crippen molar-refractivity contribution in [3.05, 3.63) is 53.1 Å². The number of allylic oxidation sites excluding steroid dienone is 1. The average Bonchev–Trinajstić information content (AvgIpc) is 2.51. The molecule has 0 saturated heterocycles. The normalized spacial score (nSPS) is 17.7. The van der Waals surface area contributed by atoms with Crippen molar-refractivity contribution in [1.82, 2.24) is 0 Å². The van der Waals surface area contributed by atoms with Crippen molar-refractivity contribution < 1.29 is 5.11 Å². The molecule has 1 aliphatic rings. The summed E-state index contributed by atoms with van der Waals surface area (Å²) in [4.78, 5) is 0. The lowest BCUT2D eigenvalue weighted by molar-refractivity contribution is 0.257. The van der Waals surface area contributed by atoms with Gasteiger partial charge in [-0.1, -0.05) is 74.1 Å². The SMILES string of the molecule is C[Si](C)(C)CC(=C1CCCCC1)C(O)/C=C/c1ccccc1. The van der Waals surface area contributed by atoms with Crippen LogP contribution in [0, 0.1) is 0 Å². The summed E-state index contributed by atoms with van der Waals surface area (Å²) in [5, 5.41) is 10.8. The second-order valence-corrected chi connectivity index (χ2v) is 13.1. The molecule has 0 aromatic heterocycles. The van der Waals surface area contributed by atoms with Crippen LogP contribution in [0.3, 0.4) is 0 Å². The molecule has 0 radical (unpaired) electrons. The van der Waals surface area contributed by atoms with Crippen LogP contribution < -0.4 is 0 Å². The van der Waals surface area contributed by atoms with E-state index in [4.69, 9.17) is 0 Å². The van der Waals surface area contributed by atoms with Crippen molar-refractivity contribution in [1.29, 1.82) is 0 Å². The standard InChI is InChI=1S/C20H30OSi/c1-22(2,3)16-19(18-12-8-5-9-13-18)20(21)15-14-17-10-6-4-7-11-17/h4,6-7,10-11,14-15,20-21H,5,8-9,12-13,16H2,1-3H3/b15-14+. The van der Waals surface area contributed by atoms with E-state index in [9.17, 15) is 5.11 Å². The van der Waals surface area contributed by atoms with Crippen LogP contribution >= 0.6 is 0 Å². The summed E-state index contributed by atoms with van der Waals surface area (Å²) in [5.74, 6) is 0. The third kappa shape index (κ3) is 5.58. The van der Waals surface area contributed by atoms with Gasteiger partial charge < -0.3 is 5.11 Å². The van der Waals surface area contributed by atoms with Gasteiger partial charge in [-0.25, -0.2) is 0 Å². The van der Waals surface area contributed by atoms with Crippen molar-refractivity contribution in [2.75, 3.05) is 0 Å². The average molecular weight is 315 g/mol. The molecular formula is C20H30OSi. The Kier molecular flexibility index (Phi) is 6.22. The maximum absolute atomic E-state index is 10.8. The van der Waals surface area contributed by atoms with Crippen LogP contribution in [0.4, 0.5) is 0 Å². The van der Waals surface area contributed by atoms with Gasteiger partial charge in [-0.3, -0.25) is 0 Å². The van der Waals surface area contributed by atoms with Gasteiger partial charge in [-0.05, 0) is 42.9 Å². The second-order valence-electron chi connectivity index (χ2n) is 7.64. The fourth-order valence-corrected chi connectivity index (χ4v) is 4.79. The number of hydrogen-bond donors (Lipinski definition) is 1. The molecule has 0 aliphatic heterocycles. The predicted octanol–water partition coefficient (Wildman–Crippen LogP) is 5.66. The first-order chi connectivity index (χ1) is 10.5. The van der Waals surface area contributed by atoms with Crippen molar-refractivity contribution in [3.8, 4) is 0 Å². The molecule has 1 fully saturated rings. The lowest BCUT2D eigenvalue weighted by Crippen LogP contribution is -2.25. The predicted molar refractivity (Wildman–Crippen MR) is 99.7 cm³/mol. The molecule has 1 aromatic carbocycles. The van der Waals surface area contributed by atoms with E-state index in [0.29, 0.717) is 0 Å². The van der Waals surface area contributed by atoms with Crippen LogP contribution in [0.25, 0.3) is 6.08 Å². The lowest BCUT2D eigenvalue weighted by Gasteiger charge is -2.26. The zero-order valence-corrected chi connectivity index (χ0v) is 15.3. The summed E-state index contributed by atoms with van der Waals surface area (Å²) in [6.45, 7) is 7.18. The molecule has 22 heavy (non-hydrogen) atoms. The zero-order chi connectivity index (χ0) is 16.0. The van der Waals surface area contributed by atoms with Crippen molar-refractivity contribution >= 4 is 14.1 Å². The highest BCUT2D eigenvalue weighted by atomic mass is 28.3. The first-order valence-corrected chi connectivity index (χ1v) is 12.3. The smallest absolute Gasteiger partial charge is 0.0934 e. The van der Waals surface area contributed by atoms with E-state index >= 15 is 0 Å². The monoisotopic (exact) mass is 314 g/mol. The summed E-state index contributed by atoms with van der Waals surface area (Å²) < 4.78 is 0. The van der Waals surface area contributed by atoms with Gasteiger partial charge in [0.15, 0.2) is 0 Å². The molecule has 1 aromatic rings. The highest BCUT2D eigenvalue weighted by Gasteiger charge is 2.23. The first kappa shape index (κ1) is 17.2. The molecule has 120 valence electrons. The van der Waals surface area contributed by atoms with Gasteiger partial charge in [-0.2, -0.15) is 0 Å². The minimum Gasteiger partial charge on any atom is -0.385 e. The summed E-state index contributed by atoms with van der Waals surface area (Å²) in [6.07, 6.45) is 9.93. The Morgan fingerprint density at radius 3 is 2.32 bits per heavy atom. The fourth-order valence-electron chi connectivity index (χ4n) is 3.19. The number of rotatable bonds is 5. The Morgan fingerprint density at radius 1 is 1.09 bits per heavy atom. The van der Waals surface area contributed by atoms with Crippen molar-refractivity contribution in [2.45, 2.75) is 63.9 Å². The molecule has 1 nitrogen and oxygen atoms in total. The molecule has 1 saturated carbocycles. The molecule has 1 unspecified atom stereocenters. The van der Waals surface area contributed by atoms with E-state index < -0.39 is 14.2 Å². The third-order valence-corrected chi connectivity index (χ3v) is 5.70. The quantitative estimate of drug-likeness (QED) is 0.549. The Hall–Kier alpha value is -1.12. The first-order valence-electron chi connectivity index (χ1n) is 8.58. The van der Waals surface area contributed by atoms with Crippen LogP contribution in [-0.4, -0.2) is 19.3 Å². The van der Waals surface area contributed by atoms with Crippen molar-refractivity contribution in [3.63, 3.8) is 0 Å². The summed E-state index contributed by atoms with van der Waals surface area (Å²) in [5.41, 5.74) is 4.02. The fraction of sp³-hybridized carbons (Fsp3) is 0.500. The largest absolute Gasteiger partial charge is 0.385 e. The Labute approximate surface area is 136 Å². The molecule has 0 heterocycles. The van der Waals surface area contributed by atoms with E-state index in [1.165, 1.54) is 37.7 Å². The summed E-state index contributed by atoms with van der Waals surface area (Å²) >= 11 is 0. The number of hydrogen-bond acceptors (Lipinski definition) is 1. The Morgan fingerprint density at radius 2 is 1.73 bits per heavy atom. The zero-order valence-electron chi connectivity index (χ0n) is 14.3. The molecule has 0 amide bonds. The number of aliphatic hydroxyl groups excluding tert-OH is 1. The highest BCUT2D eigenvalue weighted by Crippen LogP contribution is 2.32. The second kappa shape index (κ2) is 7.93. The van der Waals surface area contributed by atoms with E-state index in [-0.39, 0.29) is 0 Å². The van der Waals surface area contributed by atoms with E-state index in [2.05, 4.69) is 37.8 Å². The van der Waals surface area contributed by atoms with Gasteiger partial charge in [0.2, 0.25) is 0 Å². The van der Waals surface area contributed by atoms with Gasteiger partial charge in [0, 0.05) is 8.07 Å². The molecule has 0 bridgehead atoms. The van der Waals surface area contributed by atoms with Crippen LogP contribution in [0.5, 0.6) is 0 Å². The molecular weight excluding hydrogens is 284 g/mol. The lowest BCUT2D eigenvalue weighted by atomic mass is 9.89. The minimum absolute atomic E-state index is 0.417. The van der Waals surface area contributed by atoms with Gasteiger partial charge in [0.1, 0.15) is 0 Å². The van der Waals surface area contributed by atoms with Gasteiger partial charge in [-0.15, -0.1) is 0 Å². The number of aliphatic hydroxyl groups is 1. The van der Waals surface area contributed by atoms with Gasteiger partial charge >= 0.3 is 0 Å². The van der Waals surface area contributed by atoms with Crippen LogP contribution in [0.2, 0.25) is 25.7 Å². The molecule has 2 heteroatoms. The highest BCUT2D eigenvalue weighted by molar-refractivity contribution is 6.76. The van der Waals surface area contributed by atoms with Crippen molar-refractivity contribution in [2.24, 2.45) is 0 Å². The number of benzene rings is 1. The topological polar surface area (TPSA) is 20.2 Å². The molecule has 0 spiro atoms. The maximum atomic E-state index is 10.8.